The van der Waals surface area contributed by atoms with E-state index in [4.69, 9.17) is 0 Å². The van der Waals surface area contributed by atoms with Crippen LogP contribution in [0.5, 0.6) is 0 Å². The van der Waals surface area contributed by atoms with Crippen molar-refractivity contribution in [3.05, 3.63) is 64.5 Å². The average Bonchev–Trinajstić information content (AvgIpc) is 2.68. The summed E-state index contributed by atoms with van der Waals surface area (Å²) in [5, 5.41) is 8.66. The summed E-state index contributed by atoms with van der Waals surface area (Å²) in [5.74, 6) is -1.29. The molecule has 0 spiro atoms. The molecule has 3 rings (SSSR count). The number of rotatable bonds is 5. The van der Waals surface area contributed by atoms with E-state index in [0.29, 0.717) is 30.6 Å². The van der Waals surface area contributed by atoms with Crippen molar-refractivity contribution < 1.29 is 14.0 Å². The van der Waals surface area contributed by atoms with Gasteiger partial charge >= 0.3 is 0 Å². The smallest absolute Gasteiger partial charge is 0.252 e. The Hall–Kier alpha value is -2.44. The van der Waals surface area contributed by atoms with Crippen molar-refractivity contribution in [3.63, 3.8) is 0 Å². The molecular formula is C22H27ClFN3O2. The molecule has 0 radical (unpaired) electrons. The van der Waals surface area contributed by atoms with E-state index in [1.54, 1.807) is 18.2 Å². The predicted octanol–water partition coefficient (Wildman–Crippen LogP) is 3.59. The zero-order valence-corrected chi connectivity index (χ0v) is 17.7. The standard InChI is InChI=1S/C22H26FN3O2.ClH/c1-13(2)20(26-21(27)16-7-5-4-6-14(16)3)22(28)25-18-9-8-15-12-24-11-10-17(15)19(18)23;/h4-9,13,20,24H,10-12H2,1-3H3,(H,25,28)(H,26,27);1H. The van der Waals surface area contributed by atoms with Crippen molar-refractivity contribution in [2.45, 2.75) is 39.8 Å². The van der Waals surface area contributed by atoms with Gasteiger partial charge in [0.2, 0.25) is 5.91 Å². The van der Waals surface area contributed by atoms with E-state index < -0.39 is 11.9 Å². The highest BCUT2D eigenvalue weighted by Crippen LogP contribution is 2.25. The van der Waals surface area contributed by atoms with Crippen molar-refractivity contribution >= 4 is 29.9 Å². The normalized spacial score (nSPS) is 13.8. The second-order valence-corrected chi connectivity index (χ2v) is 7.49. The largest absolute Gasteiger partial charge is 0.340 e. The number of aryl methyl sites for hydroxylation is 1. The van der Waals surface area contributed by atoms with Gasteiger partial charge in [-0.3, -0.25) is 9.59 Å². The van der Waals surface area contributed by atoms with Gasteiger partial charge in [0.1, 0.15) is 11.9 Å². The lowest BCUT2D eigenvalue weighted by Gasteiger charge is -2.24. The Morgan fingerprint density at radius 1 is 1.14 bits per heavy atom. The molecule has 0 fully saturated rings. The molecule has 1 aliphatic rings. The molecule has 2 aromatic carbocycles. The molecule has 0 saturated heterocycles. The van der Waals surface area contributed by atoms with Crippen LogP contribution in [-0.2, 0) is 17.8 Å². The summed E-state index contributed by atoms with van der Waals surface area (Å²) in [4.78, 5) is 25.4. The van der Waals surface area contributed by atoms with Crippen LogP contribution in [0, 0.1) is 18.7 Å². The second-order valence-electron chi connectivity index (χ2n) is 7.49. The van der Waals surface area contributed by atoms with E-state index in [1.807, 2.05) is 39.0 Å². The number of halogens is 2. The van der Waals surface area contributed by atoms with Gasteiger partial charge in [-0.25, -0.2) is 4.39 Å². The number of benzene rings is 2. The van der Waals surface area contributed by atoms with E-state index in [9.17, 15) is 14.0 Å². The number of carbonyl (C=O) groups is 2. The van der Waals surface area contributed by atoms with Crippen molar-refractivity contribution in [1.82, 2.24) is 10.6 Å². The van der Waals surface area contributed by atoms with Crippen LogP contribution in [0.4, 0.5) is 10.1 Å². The number of anilines is 1. The molecule has 3 N–H and O–H groups in total. The summed E-state index contributed by atoms with van der Waals surface area (Å²) in [6.45, 7) is 6.87. The lowest BCUT2D eigenvalue weighted by atomic mass is 9.98. The molecule has 2 aromatic rings. The molecule has 0 bridgehead atoms. The molecule has 2 amide bonds. The van der Waals surface area contributed by atoms with E-state index in [1.165, 1.54) is 0 Å². The monoisotopic (exact) mass is 419 g/mol. The first-order chi connectivity index (χ1) is 13.4. The van der Waals surface area contributed by atoms with Gasteiger partial charge < -0.3 is 16.0 Å². The number of hydrogen-bond donors (Lipinski definition) is 3. The minimum Gasteiger partial charge on any atom is -0.340 e. The van der Waals surface area contributed by atoms with Crippen LogP contribution < -0.4 is 16.0 Å². The fourth-order valence-electron chi connectivity index (χ4n) is 3.42. The lowest BCUT2D eigenvalue weighted by Crippen LogP contribution is -2.47. The second kappa shape index (κ2) is 9.85. The number of fused-ring (bicyclic) bond motifs is 1. The van der Waals surface area contributed by atoms with Crippen LogP contribution in [0.25, 0.3) is 0 Å². The molecule has 0 aliphatic carbocycles. The van der Waals surface area contributed by atoms with Gasteiger partial charge in [0.15, 0.2) is 0 Å². The van der Waals surface area contributed by atoms with Crippen LogP contribution in [-0.4, -0.2) is 24.4 Å². The van der Waals surface area contributed by atoms with Crippen molar-refractivity contribution in [1.29, 1.82) is 0 Å². The van der Waals surface area contributed by atoms with Gasteiger partial charge in [-0.1, -0.05) is 38.1 Å². The Morgan fingerprint density at radius 2 is 1.86 bits per heavy atom. The Balaban J connectivity index is 0.00000300. The van der Waals surface area contributed by atoms with Crippen LogP contribution in [0.15, 0.2) is 36.4 Å². The maximum atomic E-state index is 14.8. The van der Waals surface area contributed by atoms with Crippen LogP contribution in [0.1, 0.15) is 40.9 Å². The first-order valence-electron chi connectivity index (χ1n) is 9.56. The highest BCUT2D eigenvalue weighted by molar-refractivity contribution is 6.02. The number of nitrogens with one attached hydrogen (secondary N) is 3. The van der Waals surface area contributed by atoms with E-state index in [2.05, 4.69) is 16.0 Å². The van der Waals surface area contributed by atoms with Crippen LogP contribution in [0.3, 0.4) is 0 Å². The zero-order valence-electron chi connectivity index (χ0n) is 16.8. The van der Waals surface area contributed by atoms with Gasteiger partial charge in [-0.05, 0) is 54.6 Å². The SMILES string of the molecule is Cc1ccccc1C(=O)NC(C(=O)Nc1ccc2c(c1F)CCNC2)C(C)C.Cl. The van der Waals surface area contributed by atoms with Crippen molar-refractivity contribution in [3.8, 4) is 0 Å². The fourth-order valence-corrected chi connectivity index (χ4v) is 3.42. The molecule has 1 aliphatic heterocycles. The summed E-state index contributed by atoms with van der Waals surface area (Å²) in [5.41, 5.74) is 3.06. The summed E-state index contributed by atoms with van der Waals surface area (Å²) in [6, 6.07) is 9.84. The number of carbonyl (C=O) groups excluding carboxylic acids is 2. The van der Waals surface area contributed by atoms with E-state index >= 15 is 0 Å². The summed E-state index contributed by atoms with van der Waals surface area (Å²) in [6.07, 6.45) is 0.586. The summed E-state index contributed by atoms with van der Waals surface area (Å²) >= 11 is 0. The molecule has 1 heterocycles. The fraction of sp³-hybridized carbons (Fsp3) is 0.364. The van der Waals surface area contributed by atoms with E-state index in [-0.39, 0.29) is 35.7 Å². The maximum absolute atomic E-state index is 14.8. The minimum atomic E-state index is -0.774. The van der Waals surface area contributed by atoms with Crippen LogP contribution in [0.2, 0.25) is 0 Å². The molecule has 5 nitrogen and oxygen atoms in total. The molecule has 7 heteroatoms. The van der Waals surface area contributed by atoms with E-state index in [0.717, 1.165) is 11.1 Å². The van der Waals surface area contributed by atoms with Gasteiger partial charge in [-0.15, -0.1) is 12.4 Å². The highest BCUT2D eigenvalue weighted by Gasteiger charge is 2.27. The molecule has 1 atom stereocenters. The third-order valence-corrected chi connectivity index (χ3v) is 5.09. The van der Waals surface area contributed by atoms with Gasteiger partial charge in [0.25, 0.3) is 5.91 Å². The third-order valence-electron chi connectivity index (χ3n) is 5.09. The first kappa shape index (κ1) is 22.8. The van der Waals surface area contributed by atoms with Crippen molar-refractivity contribution in [2.75, 3.05) is 11.9 Å². The average molecular weight is 420 g/mol. The van der Waals surface area contributed by atoms with Gasteiger partial charge in [-0.2, -0.15) is 0 Å². The Labute approximate surface area is 176 Å². The molecular weight excluding hydrogens is 393 g/mol. The number of hydrogen-bond acceptors (Lipinski definition) is 3. The van der Waals surface area contributed by atoms with Gasteiger partial charge in [0.05, 0.1) is 5.69 Å². The quantitative estimate of drug-likeness (QED) is 0.693. The third kappa shape index (κ3) is 5.14. The zero-order chi connectivity index (χ0) is 20.3. The Kier molecular flexibility index (Phi) is 7.76. The van der Waals surface area contributed by atoms with Crippen LogP contribution >= 0.6 is 12.4 Å². The molecule has 1 unspecified atom stereocenters. The predicted molar refractivity (Wildman–Crippen MR) is 115 cm³/mol. The van der Waals surface area contributed by atoms with Gasteiger partial charge in [0, 0.05) is 12.1 Å². The first-order valence-corrected chi connectivity index (χ1v) is 9.56. The highest BCUT2D eigenvalue weighted by atomic mass is 35.5. The lowest BCUT2D eigenvalue weighted by molar-refractivity contribution is -0.118. The topological polar surface area (TPSA) is 70.2 Å². The minimum absolute atomic E-state index is 0. The molecule has 156 valence electrons. The number of amides is 2. The molecule has 0 saturated carbocycles. The Bertz CT molecular complexity index is 902. The summed E-state index contributed by atoms with van der Waals surface area (Å²) in [7, 11) is 0. The van der Waals surface area contributed by atoms with Crippen molar-refractivity contribution in [2.24, 2.45) is 5.92 Å². The Morgan fingerprint density at radius 3 is 2.55 bits per heavy atom. The maximum Gasteiger partial charge on any atom is 0.252 e. The molecule has 29 heavy (non-hydrogen) atoms. The summed E-state index contributed by atoms with van der Waals surface area (Å²) < 4.78 is 14.8. The molecule has 0 aromatic heterocycles.